The Morgan fingerprint density at radius 3 is 2.16 bits per heavy atom. The van der Waals surface area contributed by atoms with Gasteiger partial charge in [0, 0.05) is 11.6 Å². The van der Waals surface area contributed by atoms with Gasteiger partial charge in [0.2, 0.25) is 0 Å². The van der Waals surface area contributed by atoms with Crippen LogP contribution in [0.2, 0.25) is 0 Å². The summed E-state index contributed by atoms with van der Waals surface area (Å²) in [4.78, 5) is 2.47. The fourth-order valence-corrected chi connectivity index (χ4v) is 3.21. The molecule has 2 nitrogen and oxygen atoms in total. The second-order valence-corrected chi connectivity index (χ2v) is 7.96. The normalized spacial score (nSPS) is 29.3. The van der Waals surface area contributed by atoms with E-state index in [9.17, 15) is 5.26 Å². The molecule has 0 aromatic rings. The summed E-state index contributed by atoms with van der Waals surface area (Å²) in [5.74, 6) is 0.937. The number of nitrogens with zero attached hydrogens (tertiary/aromatic N) is 2. The summed E-state index contributed by atoms with van der Waals surface area (Å²) >= 11 is 0. The minimum absolute atomic E-state index is 0.180. The van der Waals surface area contributed by atoms with Crippen molar-refractivity contribution in [3.8, 4) is 6.07 Å². The lowest BCUT2D eigenvalue weighted by Gasteiger charge is -2.48. The molecule has 0 radical (unpaired) electrons. The molecule has 1 aliphatic carbocycles. The van der Waals surface area contributed by atoms with Crippen molar-refractivity contribution < 1.29 is 0 Å². The maximum atomic E-state index is 9.46. The molecule has 0 aromatic heterocycles. The predicted molar refractivity (Wildman–Crippen MR) is 81.8 cm³/mol. The first-order chi connectivity index (χ1) is 8.63. The van der Waals surface area contributed by atoms with Crippen molar-refractivity contribution in [3.05, 3.63) is 0 Å². The van der Waals surface area contributed by atoms with Gasteiger partial charge in [-0.05, 0) is 57.9 Å². The van der Waals surface area contributed by atoms with Crippen LogP contribution in [-0.2, 0) is 0 Å². The van der Waals surface area contributed by atoms with E-state index in [2.05, 4.69) is 59.6 Å². The SMILES string of the molecule is CCC(C)(C)N(C)C1CC(C(C)(C)C)CCC1C#N. The minimum atomic E-state index is 0.180. The van der Waals surface area contributed by atoms with Gasteiger partial charge >= 0.3 is 0 Å². The van der Waals surface area contributed by atoms with Crippen LogP contribution in [0.5, 0.6) is 0 Å². The van der Waals surface area contributed by atoms with Crippen molar-refractivity contribution in [2.24, 2.45) is 17.3 Å². The highest BCUT2D eigenvalue weighted by Crippen LogP contribution is 2.42. The van der Waals surface area contributed by atoms with Gasteiger partial charge in [0.15, 0.2) is 0 Å². The molecule has 3 atom stereocenters. The van der Waals surface area contributed by atoms with Gasteiger partial charge in [-0.2, -0.15) is 5.26 Å². The van der Waals surface area contributed by atoms with Crippen LogP contribution < -0.4 is 0 Å². The molecule has 0 bridgehead atoms. The van der Waals surface area contributed by atoms with Crippen LogP contribution in [0.3, 0.4) is 0 Å². The molecule has 19 heavy (non-hydrogen) atoms. The van der Waals surface area contributed by atoms with Gasteiger partial charge in [-0.1, -0.05) is 27.7 Å². The van der Waals surface area contributed by atoms with Crippen LogP contribution in [0.25, 0.3) is 0 Å². The van der Waals surface area contributed by atoms with Crippen molar-refractivity contribution in [1.29, 1.82) is 5.26 Å². The molecule has 0 spiro atoms. The summed E-state index contributed by atoms with van der Waals surface area (Å²) < 4.78 is 0. The molecule has 110 valence electrons. The Bertz CT molecular complexity index is 332. The summed E-state index contributed by atoms with van der Waals surface area (Å²) in [6.07, 6.45) is 4.56. The van der Waals surface area contributed by atoms with Gasteiger partial charge in [-0.15, -0.1) is 0 Å². The van der Waals surface area contributed by atoms with E-state index < -0.39 is 0 Å². The van der Waals surface area contributed by atoms with Gasteiger partial charge in [-0.25, -0.2) is 0 Å². The van der Waals surface area contributed by atoms with Crippen molar-refractivity contribution in [2.45, 2.75) is 78.8 Å². The van der Waals surface area contributed by atoms with E-state index in [1.807, 2.05) is 0 Å². The van der Waals surface area contributed by atoms with Crippen molar-refractivity contribution in [3.63, 3.8) is 0 Å². The van der Waals surface area contributed by atoms with Crippen LogP contribution in [0.15, 0.2) is 0 Å². The van der Waals surface area contributed by atoms with Crippen LogP contribution in [0.1, 0.15) is 67.2 Å². The fourth-order valence-electron chi connectivity index (χ4n) is 3.21. The number of nitriles is 1. The Morgan fingerprint density at radius 1 is 1.16 bits per heavy atom. The third kappa shape index (κ3) is 3.72. The zero-order valence-electron chi connectivity index (χ0n) is 14.0. The topological polar surface area (TPSA) is 27.0 Å². The molecule has 1 saturated carbocycles. The fraction of sp³-hybridized carbons (Fsp3) is 0.941. The Labute approximate surface area is 120 Å². The first-order valence-corrected chi connectivity index (χ1v) is 7.76. The van der Waals surface area contributed by atoms with Crippen LogP contribution in [-0.4, -0.2) is 23.5 Å². The third-order valence-electron chi connectivity index (χ3n) is 5.52. The molecule has 0 heterocycles. The smallest absolute Gasteiger partial charge is 0.0672 e. The number of rotatable bonds is 3. The zero-order valence-corrected chi connectivity index (χ0v) is 14.0. The summed E-state index contributed by atoms with van der Waals surface area (Å²) in [5.41, 5.74) is 0.537. The van der Waals surface area contributed by atoms with E-state index in [0.717, 1.165) is 18.8 Å². The Hall–Kier alpha value is -0.550. The molecule has 3 unspecified atom stereocenters. The zero-order chi connectivity index (χ0) is 14.8. The van der Waals surface area contributed by atoms with Crippen LogP contribution >= 0.6 is 0 Å². The highest BCUT2D eigenvalue weighted by atomic mass is 15.2. The van der Waals surface area contributed by atoms with Gasteiger partial charge < -0.3 is 0 Å². The maximum absolute atomic E-state index is 9.46. The highest BCUT2D eigenvalue weighted by Gasteiger charge is 2.40. The van der Waals surface area contributed by atoms with Crippen molar-refractivity contribution >= 4 is 0 Å². The molecule has 0 saturated heterocycles. The average molecular weight is 264 g/mol. The lowest BCUT2D eigenvalue weighted by Crippen LogP contribution is -2.52. The monoisotopic (exact) mass is 264 g/mol. The maximum Gasteiger partial charge on any atom is 0.0672 e. The number of hydrogen-bond donors (Lipinski definition) is 0. The summed E-state index contributed by atoms with van der Waals surface area (Å²) in [6.45, 7) is 13.8. The van der Waals surface area contributed by atoms with E-state index in [1.165, 1.54) is 12.8 Å². The van der Waals surface area contributed by atoms with Crippen molar-refractivity contribution in [1.82, 2.24) is 4.90 Å². The standard InChI is InChI=1S/C17H32N2/c1-8-17(5,6)19(7)15-11-14(16(2,3)4)10-9-13(15)12-18/h13-15H,8-11H2,1-7H3. The van der Waals surface area contributed by atoms with E-state index in [4.69, 9.17) is 0 Å². The summed E-state index contributed by atoms with van der Waals surface area (Å²) in [5, 5.41) is 9.46. The lowest BCUT2D eigenvalue weighted by atomic mass is 9.67. The Morgan fingerprint density at radius 2 is 1.74 bits per heavy atom. The average Bonchev–Trinajstić information content (AvgIpc) is 2.35. The third-order valence-corrected chi connectivity index (χ3v) is 5.52. The largest absolute Gasteiger partial charge is 0.297 e. The predicted octanol–water partition coefficient (Wildman–Crippen LogP) is 4.46. The molecule has 1 aliphatic rings. The molecule has 0 aromatic carbocycles. The molecule has 0 amide bonds. The molecular weight excluding hydrogens is 232 g/mol. The van der Waals surface area contributed by atoms with Gasteiger partial charge in [0.05, 0.1) is 12.0 Å². The number of hydrogen-bond acceptors (Lipinski definition) is 2. The van der Waals surface area contributed by atoms with E-state index >= 15 is 0 Å². The Kier molecular flexibility index (Phi) is 5.07. The molecule has 1 fully saturated rings. The van der Waals surface area contributed by atoms with Gasteiger partial charge in [-0.3, -0.25) is 4.90 Å². The van der Waals surface area contributed by atoms with Crippen LogP contribution in [0, 0.1) is 28.6 Å². The molecule has 0 aliphatic heterocycles. The second kappa shape index (κ2) is 5.83. The van der Waals surface area contributed by atoms with Gasteiger partial charge in [0.25, 0.3) is 0 Å². The lowest BCUT2D eigenvalue weighted by molar-refractivity contribution is 0.0180. The van der Waals surface area contributed by atoms with E-state index in [-0.39, 0.29) is 11.5 Å². The van der Waals surface area contributed by atoms with Crippen LogP contribution in [0.4, 0.5) is 0 Å². The quantitative estimate of drug-likeness (QED) is 0.752. The molecule has 2 heteroatoms. The molecular formula is C17H32N2. The first kappa shape index (κ1) is 16.5. The minimum Gasteiger partial charge on any atom is -0.297 e. The molecule has 0 N–H and O–H groups in total. The summed E-state index contributed by atoms with van der Waals surface area (Å²) in [7, 11) is 2.21. The van der Waals surface area contributed by atoms with E-state index in [1.54, 1.807) is 0 Å². The molecule has 1 rings (SSSR count). The summed E-state index contributed by atoms with van der Waals surface area (Å²) in [6, 6.07) is 2.98. The highest BCUT2D eigenvalue weighted by molar-refractivity contribution is 5.01. The Balaban J connectivity index is 2.90. The van der Waals surface area contributed by atoms with Crippen molar-refractivity contribution in [2.75, 3.05) is 7.05 Å². The van der Waals surface area contributed by atoms with Gasteiger partial charge in [0.1, 0.15) is 0 Å². The van der Waals surface area contributed by atoms with E-state index in [0.29, 0.717) is 11.5 Å². The second-order valence-electron chi connectivity index (χ2n) is 7.96. The first-order valence-electron chi connectivity index (χ1n) is 7.76.